The Bertz CT molecular complexity index is 1040. The number of piperazine rings is 1. The molecule has 1 aliphatic heterocycles. The summed E-state index contributed by atoms with van der Waals surface area (Å²) in [6.45, 7) is 2.97. The highest BCUT2D eigenvalue weighted by Crippen LogP contribution is 2.29. The number of carbonyl (C=O) groups excluding carboxylic acids is 2. The second kappa shape index (κ2) is 11.0. The lowest BCUT2D eigenvalue weighted by Crippen LogP contribution is -2.50. The molecule has 3 aromatic rings. The summed E-state index contributed by atoms with van der Waals surface area (Å²) in [6, 6.07) is 27.6. The van der Waals surface area contributed by atoms with E-state index in [1.807, 2.05) is 77.7 Å². The number of nitrogens with one attached hydrogen (secondary N) is 1. The third-order valence-corrected chi connectivity index (χ3v) is 6.59. The number of benzene rings is 3. The highest BCUT2D eigenvalue weighted by molar-refractivity contribution is 7.98. The van der Waals surface area contributed by atoms with Gasteiger partial charge in [0.2, 0.25) is 5.91 Å². The maximum absolute atomic E-state index is 12.7. The van der Waals surface area contributed by atoms with E-state index < -0.39 is 0 Å². The van der Waals surface area contributed by atoms with Crippen molar-refractivity contribution in [3.63, 3.8) is 0 Å². The molecule has 0 aromatic heterocycles. The summed E-state index contributed by atoms with van der Waals surface area (Å²) in [5, 5.41) is 3.07. The van der Waals surface area contributed by atoms with Crippen LogP contribution in [-0.4, -0.2) is 54.3 Å². The summed E-state index contributed by atoms with van der Waals surface area (Å²) in [5.74, 6) is 0.880. The van der Waals surface area contributed by atoms with Crippen LogP contribution in [0.4, 0.5) is 5.69 Å². The first-order valence-corrected chi connectivity index (χ1v) is 11.8. The number of carbonyl (C=O) groups is 2. The molecule has 0 atom stereocenters. The molecule has 1 heterocycles. The maximum atomic E-state index is 12.7. The highest BCUT2D eigenvalue weighted by Gasteiger charge is 2.23. The Hall–Kier alpha value is -3.09. The van der Waals surface area contributed by atoms with E-state index in [0.29, 0.717) is 38.3 Å². The third-order valence-electron chi connectivity index (χ3n) is 5.45. The summed E-state index contributed by atoms with van der Waals surface area (Å²) in [4.78, 5) is 30.3. The van der Waals surface area contributed by atoms with Crippen LogP contribution in [0.25, 0.3) is 0 Å². The first-order chi connectivity index (χ1) is 15.7. The van der Waals surface area contributed by atoms with Crippen LogP contribution in [0.3, 0.4) is 0 Å². The molecule has 0 saturated carbocycles. The molecule has 2 amide bonds. The van der Waals surface area contributed by atoms with Crippen molar-refractivity contribution in [1.82, 2.24) is 9.80 Å². The van der Waals surface area contributed by atoms with E-state index in [-0.39, 0.29) is 11.8 Å². The number of anilines is 1. The summed E-state index contributed by atoms with van der Waals surface area (Å²) in [6.07, 6.45) is 0. The van der Waals surface area contributed by atoms with Gasteiger partial charge in [-0.25, -0.2) is 0 Å². The molecule has 1 fully saturated rings. The van der Waals surface area contributed by atoms with Gasteiger partial charge in [0.15, 0.2) is 0 Å². The second-order valence-electron chi connectivity index (χ2n) is 7.75. The van der Waals surface area contributed by atoms with Gasteiger partial charge in [0.25, 0.3) is 5.91 Å². The van der Waals surface area contributed by atoms with Gasteiger partial charge in [-0.2, -0.15) is 0 Å². The monoisotopic (exact) mass is 445 g/mol. The number of thioether (sulfide) groups is 1. The van der Waals surface area contributed by atoms with Crippen molar-refractivity contribution < 1.29 is 9.59 Å². The largest absolute Gasteiger partial charge is 0.336 e. The number of para-hydroxylation sites is 1. The van der Waals surface area contributed by atoms with Crippen molar-refractivity contribution in [1.29, 1.82) is 0 Å². The number of hydrogen-bond acceptors (Lipinski definition) is 4. The summed E-state index contributed by atoms with van der Waals surface area (Å²) in [7, 11) is 0. The van der Waals surface area contributed by atoms with Gasteiger partial charge < -0.3 is 10.2 Å². The zero-order valence-corrected chi connectivity index (χ0v) is 18.8. The predicted molar refractivity (Wildman–Crippen MR) is 130 cm³/mol. The van der Waals surface area contributed by atoms with E-state index in [0.717, 1.165) is 16.3 Å². The van der Waals surface area contributed by atoms with Crippen LogP contribution in [0.2, 0.25) is 0 Å². The minimum absolute atomic E-state index is 0.0272. The molecule has 5 nitrogen and oxygen atoms in total. The molecule has 1 saturated heterocycles. The maximum Gasteiger partial charge on any atom is 0.253 e. The van der Waals surface area contributed by atoms with Crippen LogP contribution in [0.1, 0.15) is 15.9 Å². The number of rotatable bonds is 7. The van der Waals surface area contributed by atoms with Crippen LogP contribution >= 0.6 is 11.8 Å². The van der Waals surface area contributed by atoms with Gasteiger partial charge >= 0.3 is 0 Å². The molecule has 1 aliphatic rings. The van der Waals surface area contributed by atoms with Crippen molar-refractivity contribution >= 4 is 29.3 Å². The Balaban J connectivity index is 1.27. The molecule has 164 valence electrons. The lowest BCUT2D eigenvalue weighted by molar-refractivity contribution is -0.117. The van der Waals surface area contributed by atoms with Crippen molar-refractivity contribution in [3.8, 4) is 0 Å². The lowest BCUT2D eigenvalue weighted by atomic mass is 10.2. The third kappa shape index (κ3) is 5.99. The van der Waals surface area contributed by atoms with Crippen LogP contribution in [-0.2, 0) is 10.5 Å². The lowest BCUT2D eigenvalue weighted by Gasteiger charge is -2.34. The standard InChI is InChI=1S/C26H27N3O2S/c30-25(19-28-15-17-29(18-16-28)26(31)22-11-5-2-6-12-22)27-23-13-7-8-14-24(23)32-20-21-9-3-1-4-10-21/h1-14H,15-20H2,(H,27,30). The van der Waals surface area contributed by atoms with E-state index in [2.05, 4.69) is 22.3 Å². The average Bonchev–Trinajstić information content (AvgIpc) is 2.85. The minimum Gasteiger partial charge on any atom is -0.336 e. The molecule has 6 heteroatoms. The molecule has 3 aromatic carbocycles. The van der Waals surface area contributed by atoms with Gasteiger partial charge in [0, 0.05) is 42.4 Å². The van der Waals surface area contributed by atoms with Gasteiger partial charge in [-0.05, 0) is 29.8 Å². The Labute approximate surface area is 193 Å². The topological polar surface area (TPSA) is 52.7 Å². The van der Waals surface area contributed by atoms with Crippen LogP contribution in [0.5, 0.6) is 0 Å². The molecule has 0 aliphatic carbocycles. The summed E-state index contributed by atoms with van der Waals surface area (Å²) < 4.78 is 0. The van der Waals surface area contributed by atoms with E-state index in [4.69, 9.17) is 0 Å². The summed E-state index contributed by atoms with van der Waals surface area (Å²) >= 11 is 1.72. The Kier molecular flexibility index (Phi) is 7.59. The van der Waals surface area contributed by atoms with E-state index in [9.17, 15) is 9.59 Å². The number of hydrogen-bond donors (Lipinski definition) is 1. The second-order valence-corrected chi connectivity index (χ2v) is 8.77. The zero-order chi connectivity index (χ0) is 22.2. The Morgan fingerprint density at radius 1 is 0.781 bits per heavy atom. The molecule has 32 heavy (non-hydrogen) atoms. The fourth-order valence-electron chi connectivity index (χ4n) is 3.70. The SMILES string of the molecule is O=C(CN1CCN(C(=O)c2ccccc2)CC1)Nc1ccccc1SCc1ccccc1. The number of amides is 2. The van der Waals surface area contributed by atoms with Crippen LogP contribution < -0.4 is 5.32 Å². The first kappa shape index (κ1) is 22.1. The van der Waals surface area contributed by atoms with Gasteiger partial charge in [0.1, 0.15) is 0 Å². The minimum atomic E-state index is -0.0272. The normalized spacial score (nSPS) is 14.2. The van der Waals surface area contributed by atoms with Gasteiger partial charge in [-0.15, -0.1) is 11.8 Å². The molecule has 4 rings (SSSR count). The Morgan fingerprint density at radius 2 is 1.41 bits per heavy atom. The summed E-state index contributed by atoms with van der Waals surface area (Å²) in [5.41, 5.74) is 2.81. The first-order valence-electron chi connectivity index (χ1n) is 10.8. The average molecular weight is 446 g/mol. The molecular formula is C26H27N3O2S. The molecular weight excluding hydrogens is 418 g/mol. The molecule has 1 N–H and O–H groups in total. The molecule has 0 bridgehead atoms. The van der Waals surface area contributed by atoms with E-state index in [1.54, 1.807) is 11.8 Å². The van der Waals surface area contributed by atoms with Crippen LogP contribution in [0, 0.1) is 0 Å². The molecule has 0 radical (unpaired) electrons. The fraction of sp³-hybridized carbons (Fsp3) is 0.231. The number of nitrogens with zero attached hydrogens (tertiary/aromatic N) is 2. The van der Waals surface area contributed by atoms with Crippen molar-refractivity contribution in [2.45, 2.75) is 10.6 Å². The van der Waals surface area contributed by atoms with Crippen molar-refractivity contribution in [2.75, 3.05) is 38.0 Å². The smallest absolute Gasteiger partial charge is 0.253 e. The van der Waals surface area contributed by atoms with E-state index >= 15 is 0 Å². The van der Waals surface area contributed by atoms with Crippen molar-refractivity contribution in [3.05, 3.63) is 96.1 Å². The van der Waals surface area contributed by atoms with E-state index in [1.165, 1.54) is 5.56 Å². The fourth-order valence-corrected chi connectivity index (χ4v) is 4.66. The highest BCUT2D eigenvalue weighted by atomic mass is 32.2. The zero-order valence-electron chi connectivity index (χ0n) is 17.9. The quantitative estimate of drug-likeness (QED) is 0.549. The molecule has 0 unspecified atom stereocenters. The Morgan fingerprint density at radius 3 is 2.12 bits per heavy atom. The van der Waals surface area contributed by atoms with Gasteiger partial charge in [-0.1, -0.05) is 60.7 Å². The van der Waals surface area contributed by atoms with Crippen LogP contribution in [0.15, 0.2) is 89.8 Å². The molecule has 0 spiro atoms. The predicted octanol–water partition coefficient (Wildman–Crippen LogP) is 4.38. The van der Waals surface area contributed by atoms with Gasteiger partial charge in [0.05, 0.1) is 12.2 Å². The van der Waals surface area contributed by atoms with Crippen molar-refractivity contribution in [2.24, 2.45) is 0 Å². The van der Waals surface area contributed by atoms with Gasteiger partial charge in [-0.3, -0.25) is 14.5 Å².